The van der Waals surface area contributed by atoms with Crippen LogP contribution in [0.15, 0.2) is 10.2 Å². The highest BCUT2D eigenvalue weighted by Gasteiger charge is 2.43. The fourth-order valence-electron chi connectivity index (χ4n) is 1.54. The summed E-state index contributed by atoms with van der Waals surface area (Å²) in [5.41, 5.74) is -0.728. The molecular weight excluding hydrogens is 192 g/mol. The molecule has 0 heterocycles. The van der Waals surface area contributed by atoms with Crippen molar-refractivity contribution in [3.63, 3.8) is 0 Å². The largest absolute Gasteiger partial charge is 0.481 e. The highest BCUT2D eigenvalue weighted by Crippen LogP contribution is 2.44. The molecule has 4 nitrogen and oxygen atoms in total. The second kappa shape index (κ2) is 3.91. The summed E-state index contributed by atoms with van der Waals surface area (Å²) in [6, 6.07) is 0. The summed E-state index contributed by atoms with van der Waals surface area (Å²) in [4.78, 5) is 10.8. The molecule has 0 amide bonds. The lowest BCUT2D eigenvalue weighted by molar-refractivity contribution is -0.138. The average molecular weight is 212 g/mol. The van der Waals surface area contributed by atoms with E-state index in [2.05, 4.69) is 10.2 Å². The zero-order valence-electron chi connectivity index (χ0n) is 9.95. The van der Waals surface area contributed by atoms with Crippen molar-refractivity contribution in [1.29, 1.82) is 0 Å². The molecule has 1 unspecified atom stereocenters. The maximum absolute atomic E-state index is 10.8. The molecular formula is C11H20N2O2. The maximum Gasteiger partial charge on any atom is 0.305 e. The van der Waals surface area contributed by atoms with E-state index < -0.39 is 11.5 Å². The highest BCUT2D eigenvalue weighted by molar-refractivity contribution is 5.68. The van der Waals surface area contributed by atoms with Crippen LogP contribution in [-0.2, 0) is 4.79 Å². The first-order chi connectivity index (χ1) is 6.73. The molecule has 1 atom stereocenters. The first kappa shape index (κ1) is 12.1. The van der Waals surface area contributed by atoms with Crippen molar-refractivity contribution >= 4 is 5.97 Å². The Hall–Kier alpha value is -0.930. The van der Waals surface area contributed by atoms with Crippen LogP contribution in [0.25, 0.3) is 0 Å². The van der Waals surface area contributed by atoms with Gasteiger partial charge in [-0.25, -0.2) is 0 Å². The van der Waals surface area contributed by atoms with Crippen LogP contribution in [0.1, 0.15) is 47.0 Å². The van der Waals surface area contributed by atoms with E-state index in [4.69, 9.17) is 5.11 Å². The zero-order valence-corrected chi connectivity index (χ0v) is 9.95. The summed E-state index contributed by atoms with van der Waals surface area (Å²) in [7, 11) is 0. The number of azo groups is 1. The topological polar surface area (TPSA) is 62.0 Å². The third kappa shape index (κ3) is 3.98. The van der Waals surface area contributed by atoms with Crippen molar-refractivity contribution in [3.8, 4) is 0 Å². The molecule has 0 aromatic rings. The van der Waals surface area contributed by atoms with Gasteiger partial charge in [-0.1, -0.05) is 0 Å². The Morgan fingerprint density at radius 1 is 1.27 bits per heavy atom. The van der Waals surface area contributed by atoms with Crippen molar-refractivity contribution in [2.45, 2.75) is 58.0 Å². The van der Waals surface area contributed by atoms with Crippen LogP contribution in [0, 0.1) is 5.92 Å². The summed E-state index contributed by atoms with van der Waals surface area (Å²) in [5, 5.41) is 17.3. The van der Waals surface area contributed by atoms with Gasteiger partial charge >= 0.3 is 5.97 Å². The quantitative estimate of drug-likeness (QED) is 0.728. The van der Waals surface area contributed by atoms with E-state index in [1.54, 1.807) is 0 Å². The lowest BCUT2D eigenvalue weighted by Crippen LogP contribution is -2.29. The van der Waals surface area contributed by atoms with Gasteiger partial charge in [-0.15, -0.1) is 0 Å². The van der Waals surface area contributed by atoms with Gasteiger partial charge in [-0.05, 0) is 46.5 Å². The number of carboxylic acid groups (broad SMARTS) is 1. The molecule has 0 aromatic carbocycles. The number of carboxylic acids is 1. The van der Waals surface area contributed by atoms with E-state index in [1.807, 2.05) is 27.7 Å². The minimum absolute atomic E-state index is 0.0806. The highest BCUT2D eigenvalue weighted by atomic mass is 16.4. The SMILES string of the molecule is CC(C)(C)N=NC(C)(CC(=O)O)C1CC1. The molecule has 0 aromatic heterocycles. The van der Waals surface area contributed by atoms with E-state index in [1.165, 1.54) is 0 Å². The summed E-state index contributed by atoms with van der Waals surface area (Å²) in [6.07, 6.45) is 2.23. The molecule has 1 rings (SSSR count). The Kier molecular flexibility index (Phi) is 3.16. The minimum atomic E-state index is -0.794. The predicted molar refractivity (Wildman–Crippen MR) is 58.0 cm³/mol. The Morgan fingerprint density at radius 3 is 2.13 bits per heavy atom. The summed E-state index contributed by atoms with van der Waals surface area (Å²) in [6.45, 7) is 7.79. The van der Waals surface area contributed by atoms with Gasteiger partial charge in [0.25, 0.3) is 0 Å². The Balaban J connectivity index is 2.73. The van der Waals surface area contributed by atoms with Gasteiger partial charge in [-0.3, -0.25) is 4.79 Å². The van der Waals surface area contributed by atoms with E-state index in [9.17, 15) is 4.79 Å². The monoisotopic (exact) mass is 212 g/mol. The summed E-state index contributed by atoms with van der Waals surface area (Å²) < 4.78 is 0. The van der Waals surface area contributed by atoms with Crippen molar-refractivity contribution in [2.24, 2.45) is 16.1 Å². The van der Waals surface area contributed by atoms with Gasteiger partial charge in [0, 0.05) is 0 Å². The standard InChI is InChI=1S/C11H20N2O2/c1-10(2,3)12-13-11(4,7-9(14)15)8-5-6-8/h8H,5-7H2,1-4H3,(H,14,15). The van der Waals surface area contributed by atoms with Gasteiger partial charge in [0.05, 0.1) is 17.5 Å². The Bertz CT molecular complexity index is 277. The van der Waals surface area contributed by atoms with Crippen molar-refractivity contribution in [1.82, 2.24) is 0 Å². The molecule has 86 valence electrons. The minimum Gasteiger partial charge on any atom is -0.481 e. The van der Waals surface area contributed by atoms with E-state index in [0.717, 1.165) is 12.8 Å². The van der Waals surface area contributed by atoms with Gasteiger partial charge < -0.3 is 5.11 Å². The molecule has 0 radical (unpaired) electrons. The Labute approximate surface area is 90.8 Å². The average Bonchev–Trinajstić information content (AvgIpc) is 2.80. The molecule has 0 bridgehead atoms. The maximum atomic E-state index is 10.8. The first-order valence-corrected chi connectivity index (χ1v) is 5.39. The third-order valence-corrected chi connectivity index (χ3v) is 2.54. The van der Waals surface area contributed by atoms with Gasteiger partial charge in [0.2, 0.25) is 0 Å². The lowest BCUT2D eigenvalue weighted by Gasteiger charge is -2.23. The van der Waals surface area contributed by atoms with Crippen LogP contribution >= 0.6 is 0 Å². The smallest absolute Gasteiger partial charge is 0.305 e. The van der Waals surface area contributed by atoms with Gasteiger partial charge in [0.15, 0.2) is 0 Å². The summed E-state index contributed by atoms with van der Waals surface area (Å²) >= 11 is 0. The number of rotatable bonds is 4. The number of nitrogens with zero attached hydrogens (tertiary/aromatic N) is 2. The molecule has 1 aliphatic carbocycles. The second-order valence-corrected chi connectivity index (χ2v) is 5.57. The van der Waals surface area contributed by atoms with Crippen molar-refractivity contribution in [3.05, 3.63) is 0 Å². The predicted octanol–water partition coefficient (Wildman–Crippen LogP) is 2.88. The fourth-order valence-corrected chi connectivity index (χ4v) is 1.54. The molecule has 0 saturated heterocycles. The van der Waals surface area contributed by atoms with E-state index >= 15 is 0 Å². The second-order valence-electron chi connectivity index (χ2n) is 5.57. The number of aliphatic carboxylic acids is 1. The van der Waals surface area contributed by atoms with Crippen LogP contribution in [-0.4, -0.2) is 22.2 Å². The van der Waals surface area contributed by atoms with Crippen molar-refractivity contribution in [2.75, 3.05) is 0 Å². The van der Waals surface area contributed by atoms with Crippen molar-refractivity contribution < 1.29 is 9.90 Å². The zero-order chi connectivity index (χ0) is 11.7. The molecule has 0 spiro atoms. The van der Waals surface area contributed by atoms with E-state index in [0.29, 0.717) is 5.92 Å². The molecule has 0 aliphatic heterocycles. The number of hydrogen-bond donors (Lipinski definition) is 1. The van der Waals surface area contributed by atoms with Crippen LogP contribution in [0.2, 0.25) is 0 Å². The fraction of sp³-hybridized carbons (Fsp3) is 0.909. The first-order valence-electron chi connectivity index (χ1n) is 5.39. The number of carbonyl (C=O) groups is 1. The van der Waals surface area contributed by atoms with Crippen LogP contribution in [0.4, 0.5) is 0 Å². The molecule has 1 saturated carbocycles. The molecule has 4 heteroatoms. The molecule has 1 aliphatic rings. The van der Waals surface area contributed by atoms with Gasteiger partial charge in [0.1, 0.15) is 0 Å². The number of hydrogen-bond acceptors (Lipinski definition) is 3. The lowest BCUT2D eigenvalue weighted by atomic mass is 9.93. The Morgan fingerprint density at radius 2 is 1.80 bits per heavy atom. The molecule has 1 fully saturated rings. The van der Waals surface area contributed by atoms with Crippen LogP contribution in [0.3, 0.4) is 0 Å². The van der Waals surface area contributed by atoms with Gasteiger partial charge in [-0.2, -0.15) is 10.2 Å². The molecule has 15 heavy (non-hydrogen) atoms. The molecule has 1 N–H and O–H groups in total. The summed E-state index contributed by atoms with van der Waals surface area (Å²) in [5.74, 6) is -0.392. The third-order valence-electron chi connectivity index (χ3n) is 2.54. The van der Waals surface area contributed by atoms with E-state index in [-0.39, 0.29) is 12.0 Å². The normalized spacial score (nSPS) is 21.6. The van der Waals surface area contributed by atoms with Crippen LogP contribution in [0.5, 0.6) is 0 Å². The van der Waals surface area contributed by atoms with Crippen LogP contribution < -0.4 is 0 Å².